The Kier molecular flexibility index (Phi) is 3.51. The van der Waals surface area contributed by atoms with E-state index in [-0.39, 0.29) is 0 Å². The van der Waals surface area contributed by atoms with Gasteiger partial charge in [0.05, 0.1) is 0 Å². The van der Waals surface area contributed by atoms with Gasteiger partial charge in [-0.3, -0.25) is 0 Å². The van der Waals surface area contributed by atoms with E-state index < -0.39 is 0 Å². The summed E-state index contributed by atoms with van der Waals surface area (Å²) in [5.74, 6) is 0.618. The van der Waals surface area contributed by atoms with Gasteiger partial charge in [0.1, 0.15) is 5.52 Å². The molecule has 0 N–H and O–H groups in total. The summed E-state index contributed by atoms with van der Waals surface area (Å²) in [6, 6.07) is 28.3. The zero-order valence-electron chi connectivity index (χ0n) is 13.8. The van der Waals surface area contributed by atoms with Crippen LogP contribution in [0.5, 0.6) is 0 Å². The monoisotopic (exact) mass is 355 g/mol. The highest BCUT2D eigenvalue weighted by atomic mass is 35.5. The lowest BCUT2D eigenvalue weighted by Crippen LogP contribution is -1.80. The van der Waals surface area contributed by atoms with E-state index in [9.17, 15) is 0 Å². The van der Waals surface area contributed by atoms with E-state index in [0.717, 1.165) is 32.5 Å². The highest BCUT2D eigenvalue weighted by Crippen LogP contribution is 2.33. The van der Waals surface area contributed by atoms with Gasteiger partial charge >= 0.3 is 0 Å². The Hall–Kier alpha value is -3.10. The molecular formula is C23H14ClNO. The molecule has 0 saturated carbocycles. The highest BCUT2D eigenvalue weighted by molar-refractivity contribution is 6.36. The summed E-state index contributed by atoms with van der Waals surface area (Å²) in [5.41, 5.74) is 4.92. The quantitative estimate of drug-likeness (QED) is 0.342. The number of rotatable bonds is 2. The number of aromatic nitrogens is 1. The number of hydrogen-bond donors (Lipinski definition) is 0. The molecule has 3 heteroatoms. The van der Waals surface area contributed by atoms with Gasteiger partial charge in [-0.25, -0.2) is 4.98 Å². The van der Waals surface area contributed by atoms with Crippen molar-refractivity contribution in [2.24, 2.45) is 0 Å². The fourth-order valence-corrected chi connectivity index (χ4v) is 3.51. The molecule has 2 nitrogen and oxygen atoms in total. The van der Waals surface area contributed by atoms with Crippen LogP contribution in [-0.4, -0.2) is 4.98 Å². The summed E-state index contributed by atoms with van der Waals surface area (Å²) >= 11 is 6.30. The number of fused-ring (bicyclic) bond motifs is 3. The number of benzene rings is 4. The van der Waals surface area contributed by atoms with Crippen molar-refractivity contribution < 1.29 is 4.42 Å². The molecule has 0 saturated heterocycles. The van der Waals surface area contributed by atoms with Crippen LogP contribution >= 0.6 is 11.6 Å². The molecular weight excluding hydrogens is 342 g/mol. The fourth-order valence-electron chi connectivity index (χ4n) is 3.27. The van der Waals surface area contributed by atoms with Gasteiger partial charge in [0.2, 0.25) is 5.89 Å². The molecule has 0 aliphatic carbocycles. The van der Waals surface area contributed by atoms with Crippen molar-refractivity contribution in [3.63, 3.8) is 0 Å². The number of nitrogens with zero attached hydrogens (tertiary/aromatic N) is 1. The second-order valence-electron chi connectivity index (χ2n) is 6.21. The Morgan fingerprint density at radius 3 is 2.15 bits per heavy atom. The minimum absolute atomic E-state index is 0.618. The number of hydrogen-bond acceptors (Lipinski definition) is 2. The molecule has 0 spiro atoms. The third-order valence-corrected chi connectivity index (χ3v) is 4.93. The van der Waals surface area contributed by atoms with E-state index in [2.05, 4.69) is 24.3 Å². The van der Waals surface area contributed by atoms with E-state index in [1.807, 2.05) is 60.7 Å². The predicted octanol–water partition coefficient (Wildman–Crippen LogP) is 6.97. The minimum Gasteiger partial charge on any atom is -0.436 e. The summed E-state index contributed by atoms with van der Waals surface area (Å²) in [6.07, 6.45) is 0. The van der Waals surface area contributed by atoms with Crippen LogP contribution in [0, 0.1) is 0 Å². The number of halogens is 1. The maximum atomic E-state index is 6.30. The topological polar surface area (TPSA) is 26.0 Å². The molecule has 26 heavy (non-hydrogen) atoms. The molecule has 0 radical (unpaired) electrons. The zero-order valence-corrected chi connectivity index (χ0v) is 14.6. The van der Waals surface area contributed by atoms with Gasteiger partial charge in [-0.15, -0.1) is 0 Å². The van der Waals surface area contributed by atoms with E-state index in [0.29, 0.717) is 5.89 Å². The summed E-state index contributed by atoms with van der Waals surface area (Å²) in [5, 5.41) is 2.72. The van der Waals surface area contributed by atoms with Crippen molar-refractivity contribution in [1.82, 2.24) is 4.98 Å². The van der Waals surface area contributed by atoms with E-state index in [4.69, 9.17) is 21.0 Å². The molecule has 5 rings (SSSR count). The molecule has 5 aromatic rings. The van der Waals surface area contributed by atoms with Gasteiger partial charge in [-0.05, 0) is 41.5 Å². The molecule has 4 aromatic carbocycles. The molecule has 1 heterocycles. The first-order valence-corrected chi connectivity index (χ1v) is 8.81. The van der Waals surface area contributed by atoms with Crippen LogP contribution in [0.4, 0.5) is 0 Å². The molecule has 0 aliphatic heterocycles. The Morgan fingerprint density at radius 2 is 1.35 bits per heavy atom. The molecule has 0 atom stereocenters. The van der Waals surface area contributed by atoms with Crippen LogP contribution in [0.2, 0.25) is 5.02 Å². The Morgan fingerprint density at radius 1 is 0.615 bits per heavy atom. The van der Waals surface area contributed by atoms with Crippen molar-refractivity contribution in [2.45, 2.75) is 0 Å². The third kappa shape index (κ3) is 2.47. The largest absolute Gasteiger partial charge is 0.436 e. The van der Waals surface area contributed by atoms with E-state index in [1.165, 1.54) is 11.1 Å². The van der Waals surface area contributed by atoms with Crippen LogP contribution in [0.25, 0.3) is 44.5 Å². The molecule has 1 aromatic heterocycles. The molecule has 0 bridgehead atoms. The maximum Gasteiger partial charge on any atom is 0.227 e. The van der Waals surface area contributed by atoms with Gasteiger partial charge < -0.3 is 4.42 Å². The standard InChI is InChI=1S/C23H14ClNO/c24-20-8-4-7-19-18(20)13-14-21-22(19)25-23(26-21)17-11-9-16(10-12-17)15-5-2-1-3-6-15/h1-14H. The van der Waals surface area contributed by atoms with Gasteiger partial charge in [-0.2, -0.15) is 0 Å². The average Bonchev–Trinajstić information content (AvgIpc) is 3.14. The van der Waals surface area contributed by atoms with Crippen LogP contribution < -0.4 is 0 Å². The molecule has 0 amide bonds. The van der Waals surface area contributed by atoms with Gasteiger partial charge in [0, 0.05) is 21.4 Å². The fraction of sp³-hybridized carbons (Fsp3) is 0. The first kappa shape index (κ1) is 15.2. The normalized spacial score (nSPS) is 11.3. The van der Waals surface area contributed by atoms with E-state index in [1.54, 1.807) is 0 Å². The summed E-state index contributed by atoms with van der Waals surface area (Å²) in [6.45, 7) is 0. The van der Waals surface area contributed by atoms with Crippen molar-refractivity contribution in [3.05, 3.63) is 90.0 Å². The second kappa shape index (κ2) is 6.01. The maximum absolute atomic E-state index is 6.30. The smallest absolute Gasteiger partial charge is 0.227 e. The molecule has 0 unspecified atom stereocenters. The molecule has 124 valence electrons. The van der Waals surface area contributed by atoms with Crippen LogP contribution in [0.1, 0.15) is 0 Å². The average molecular weight is 356 g/mol. The van der Waals surface area contributed by atoms with E-state index >= 15 is 0 Å². The first-order valence-electron chi connectivity index (χ1n) is 8.43. The van der Waals surface area contributed by atoms with Gasteiger partial charge in [-0.1, -0.05) is 66.2 Å². The Labute approximate surface area is 155 Å². The number of oxazole rings is 1. The summed E-state index contributed by atoms with van der Waals surface area (Å²) in [4.78, 5) is 4.73. The van der Waals surface area contributed by atoms with Crippen molar-refractivity contribution in [2.75, 3.05) is 0 Å². The van der Waals surface area contributed by atoms with Crippen LogP contribution in [0.15, 0.2) is 89.3 Å². The molecule has 0 fully saturated rings. The third-order valence-electron chi connectivity index (χ3n) is 4.60. The van der Waals surface area contributed by atoms with Gasteiger partial charge in [0.25, 0.3) is 0 Å². The van der Waals surface area contributed by atoms with Crippen molar-refractivity contribution in [3.8, 4) is 22.6 Å². The lowest BCUT2D eigenvalue weighted by Gasteiger charge is -2.02. The minimum atomic E-state index is 0.618. The predicted molar refractivity (Wildman–Crippen MR) is 107 cm³/mol. The van der Waals surface area contributed by atoms with Crippen molar-refractivity contribution >= 4 is 33.5 Å². The van der Waals surface area contributed by atoms with Crippen molar-refractivity contribution in [1.29, 1.82) is 0 Å². The summed E-state index contributed by atoms with van der Waals surface area (Å²) in [7, 11) is 0. The second-order valence-corrected chi connectivity index (χ2v) is 6.62. The van der Waals surface area contributed by atoms with Crippen LogP contribution in [-0.2, 0) is 0 Å². The van der Waals surface area contributed by atoms with Gasteiger partial charge in [0.15, 0.2) is 5.58 Å². The summed E-state index contributed by atoms with van der Waals surface area (Å²) < 4.78 is 5.99. The molecule has 0 aliphatic rings. The SMILES string of the molecule is Clc1cccc2c1ccc1oc(-c3ccc(-c4ccccc4)cc3)nc12. The Bertz CT molecular complexity index is 1220. The zero-order chi connectivity index (χ0) is 17.5. The van der Waals surface area contributed by atoms with Crippen LogP contribution in [0.3, 0.4) is 0 Å². The first-order chi connectivity index (χ1) is 12.8. The lowest BCUT2D eigenvalue weighted by atomic mass is 10.0. The Balaban J connectivity index is 1.61. The highest BCUT2D eigenvalue weighted by Gasteiger charge is 2.12. The lowest BCUT2D eigenvalue weighted by molar-refractivity contribution is 0.620.